The van der Waals surface area contributed by atoms with E-state index in [-0.39, 0.29) is 0 Å². The van der Waals surface area contributed by atoms with Crippen LogP contribution in [0, 0.1) is 0 Å². The van der Waals surface area contributed by atoms with Crippen LogP contribution in [0.3, 0.4) is 0 Å². The molecule has 1 fully saturated rings. The maximum atomic E-state index is 5.81. The fourth-order valence-corrected chi connectivity index (χ4v) is 2.98. The third kappa shape index (κ3) is 5.59. The summed E-state index contributed by atoms with van der Waals surface area (Å²) in [7, 11) is 0. The molecule has 0 bridgehead atoms. The van der Waals surface area contributed by atoms with Gasteiger partial charge in [-0.3, -0.25) is 9.80 Å². The van der Waals surface area contributed by atoms with Gasteiger partial charge in [0.15, 0.2) is 0 Å². The van der Waals surface area contributed by atoms with Gasteiger partial charge in [0, 0.05) is 45.4 Å². The molecule has 0 spiro atoms. The van der Waals surface area contributed by atoms with Gasteiger partial charge in [-0.2, -0.15) is 0 Å². The average molecular weight is 306 g/mol. The van der Waals surface area contributed by atoms with Gasteiger partial charge in [-0.05, 0) is 25.5 Å². The molecule has 0 aromatic heterocycles. The lowest BCUT2D eigenvalue weighted by Gasteiger charge is -2.41. The fourth-order valence-electron chi connectivity index (χ4n) is 2.98. The predicted molar refractivity (Wildman–Crippen MR) is 90.5 cm³/mol. The minimum absolute atomic E-state index is 0.644. The van der Waals surface area contributed by atoms with Crippen molar-refractivity contribution in [2.75, 3.05) is 52.5 Å². The maximum absolute atomic E-state index is 5.81. The number of hydrogen-bond acceptors (Lipinski definition) is 4. The minimum atomic E-state index is 0.644. The SMILES string of the molecule is CCOCCN1CCN(CCOc2ccccc2)C[C@H]1CC. The van der Waals surface area contributed by atoms with Gasteiger partial charge in [0.2, 0.25) is 0 Å². The van der Waals surface area contributed by atoms with Crippen LogP contribution < -0.4 is 4.74 Å². The van der Waals surface area contributed by atoms with Crippen molar-refractivity contribution >= 4 is 0 Å². The van der Waals surface area contributed by atoms with Crippen LogP contribution in [0.2, 0.25) is 0 Å². The van der Waals surface area contributed by atoms with Crippen LogP contribution in [-0.4, -0.2) is 68.4 Å². The summed E-state index contributed by atoms with van der Waals surface area (Å²) in [6.07, 6.45) is 1.20. The highest BCUT2D eigenvalue weighted by atomic mass is 16.5. The molecule has 0 unspecified atom stereocenters. The van der Waals surface area contributed by atoms with E-state index in [4.69, 9.17) is 9.47 Å². The summed E-state index contributed by atoms with van der Waals surface area (Å²) in [6.45, 7) is 12.2. The molecule has 4 heteroatoms. The van der Waals surface area contributed by atoms with Crippen LogP contribution in [0.25, 0.3) is 0 Å². The molecular formula is C18H30N2O2. The van der Waals surface area contributed by atoms with Crippen molar-refractivity contribution in [3.8, 4) is 5.75 Å². The van der Waals surface area contributed by atoms with E-state index in [0.717, 1.165) is 58.3 Å². The molecule has 1 aromatic rings. The Morgan fingerprint density at radius 1 is 1.05 bits per heavy atom. The van der Waals surface area contributed by atoms with Crippen molar-refractivity contribution in [1.29, 1.82) is 0 Å². The Morgan fingerprint density at radius 3 is 2.59 bits per heavy atom. The van der Waals surface area contributed by atoms with Crippen molar-refractivity contribution < 1.29 is 9.47 Å². The maximum Gasteiger partial charge on any atom is 0.119 e. The third-order valence-electron chi connectivity index (χ3n) is 4.31. The van der Waals surface area contributed by atoms with Gasteiger partial charge in [0.1, 0.15) is 12.4 Å². The monoisotopic (exact) mass is 306 g/mol. The van der Waals surface area contributed by atoms with Crippen molar-refractivity contribution in [2.45, 2.75) is 26.3 Å². The Balaban J connectivity index is 1.69. The van der Waals surface area contributed by atoms with Crippen LogP contribution in [0.1, 0.15) is 20.3 Å². The second-order valence-electron chi connectivity index (χ2n) is 5.76. The van der Waals surface area contributed by atoms with Crippen LogP contribution in [0.5, 0.6) is 5.75 Å². The van der Waals surface area contributed by atoms with Crippen molar-refractivity contribution in [1.82, 2.24) is 9.80 Å². The van der Waals surface area contributed by atoms with Crippen LogP contribution in [0.15, 0.2) is 30.3 Å². The highest BCUT2D eigenvalue weighted by Gasteiger charge is 2.25. The normalized spacial score (nSPS) is 20.2. The van der Waals surface area contributed by atoms with Crippen LogP contribution >= 0.6 is 0 Å². The molecule has 1 aliphatic heterocycles. The van der Waals surface area contributed by atoms with Gasteiger partial charge in [-0.15, -0.1) is 0 Å². The fraction of sp³-hybridized carbons (Fsp3) is 0.667. The number of piperazine rings is 1. The summed E-state index contributed by atoms with van der Waals surface area (Å²) in [6, 6.07) is 10.7. The minimum Gasteiger partial charge on any atom is -0.492 e. The van der Waals surface area contributed by atoms with E-state index >= 15 is 0 Å². The molecular weight excluding hydrogens is 276 g/mol. The topological polar surface area (TPSA) is 24.9 Å². The van der Waals surface area contributed by atoms with E-state index in [1.807, 2.05) is 30.3 Å². The van der Waals surface area contributed by atoms with Gasteiger partial charge in [-0.1, -0.05) is 25.1 Å². The van der Waals surface area contributed by atoms with E-state index in [2.05, 4.69) is 23.6 Å². The van der Waals surface area contributed by atoms with Crippen molar-refractivity contribution in [2.24, 2.45) is 0 Å². The standard InChI is InChI=1S/C18H30N2O2/c1-3-17-16-19(10-11-20(17)13-14-21-4-2)12-15-22-18-8-6-5-7-9-18/h5-9,17H,3-4,10-16H2,1-2H3/t17-/m1/s1. The molecule has 1 aliphatic rings. The first kappa shape index (κ1) is 17.3. The summed E-state index contributed by atoms with van der Waals surface area (Å²) in [5, 5.41) is 0. The van der Waals surface area contributed by atoms with Gasteiger partial charge >= 0.3 is 0 Å². The highest BCUT2D eigenvalue weighted by Crippen LogP contribution is 2.13. The molecule has 0 aliphatic carbocycles. The van der Waals surface area contributed by atoms with Crippen LogP contribution in [-0.2, 0) is 4.74 Å². The first-order valence-electron chi connectivity index (χ1n) is 8.55. The number of para-hydroxylation sites is 1. The number of benzene rings is 1. The van der Waals surface area contributed by atoms with Crippen LogP contribution in [0.4, 0.5) is 0 Å². The Labute approximate surface area is 135 Å². The van der Waals surface area contributed by atoms with E-state index in [9.17, 15) is 0 Å². The Hall–Kier alpha value is -1.10. The molecule has 0 N–H and O–H groups in total. The number of hydrogen-bond donors (Lipinski definition) is 0. The summed E-state index contributed by atoms with van der Waals surface area (Å²) in [4.78, 5) is 5.10. The van der Waals surface area contributed by atoms with E-state index in [1.54, 1.807) is 0 Å². The zero-order valence-corrected chi connectivity index (χ0v) is 14.0. The predicted octanol–water partition coefficient (Wildman–Crippen LogP) is 2.50. The quantitative estimate of drug-likeness (QED) is 0.655. The summed E-state index contributed by atoms with van der Waals surface area (Å²) in [5.74, 6) is 0.963. The summed E-state index contributed by atoms with van der Waals surface area (Å²) in [5.41, 5.74) is 0. The molecule has 1 saturated heterocycles. The van der Waals surface area contributed by atoms with E-state index in [1.165, 1.54) is 6.42 Å². The zero-order chi connectivity index (χ0) is 15.6. The van der Waals surface area contributed by atoms with Gasteiger partial charge in [0.25, 0.3) is 0 Å². The highest BCUT2D eigenvalue weighted by molar-refractivity contribution is 5.20. The molecule has 1 aromatic carbocycles. The lowest BCUT2D eigenvalue weighted by Crippen LogP contribution is -2.54. The summed E-state index contributed by atoms with van der Waals surface area (Å²) >= 11 is 0. The lowest BCUT2D eigenvalue weighted by molar-refractivity contribution is 0.0369. The first-order valence-corrected chi connectivity index (χ1v) is 8.55. The third-order valence-corrected chi connectivity index (χ3v) is 4.31. The number of rotatable bonds is 9. The van der Waals surface area contributed by atoms with E-state index < -0.39 is 0 Å². The lowest BCUT2D eigenvalue weighted by atomic mass is 10.1. The van der Waals surface area contributed by atoms with Gasteiger partial charge in [-0.25, -0.2) is 0 Å². The van der Waals surface area contributed by atoms with Crippen molar-refractivity contribution in [3.05, 3.63) is 30.3 Å². The molecule has 22 heavy (non-hydrogen) atoms. The molecule has 0 radical (unpaired) electrons. The second-order valence-corrected chi connectivity index (χ2v) is 5.76. The Bertz CT molecular complexity index is 399. The largest absolute Gasteiger partial charge is 0.492 e. The average Bonchev–Trinajstić information content (AvgIpc) is 2.57. The molecule has 0 saturated carbocycles. The van der Waals surface area contributed by atoms with E-state index in [0.29, 0.717) is 6.04 Å². The van der Waals surface area contributed by atoms with Gasteiger partial charge in [0.05, 0.1) is 6.61 Å². The second kappa shape index (κ2) is 9.82. The molecule has 4 nitrogen and oxygen atoms in total. The summed E-state index contributed by atoms with van der Waals surface area (Å²) < 4.78 is 11.3. The number of ether oxygens (including phenoxy) is 2. The number of nitrogens with zero attached hydrogens (tertiary/aromatic N) is 2. The Kier molecular flexibility index (Phi) is 7.71. The molecule has 1 atom stereocenters. The van der Waals surface area contributed by atoms with Crippen molar-refractivity contribution in [3.63, 3.8) is 0 Å². The molecule has 1 heterocycles. The molecule has 0 amide bonds. The first-order chi connectivity index (χ1) is 10.8. The zero-order valence-electron chi connectivity index (χ0n) is 14.0. The molecule has 124 valence electrons. The van der Waals surface area contributed by atoms with Gasteiger partial charge < -0.3 is 9.47 Å². The smallest absolute Gasteiger partial charge is 0.119 e. The molecule has 2 rings (SSSR count). The Morgan fingerprint density at radius 2 is 1.86 bits per heavy atom.